The van der Waals surface area contributed by atoms with Gasteiger partial charge in [0.1, 0.15) is 18.5 Å². The quantitative estimate of drug-likeness (QED) is 0.0371. The van der Waals surface area contributed by atoms with Gasteiger partial charge in [0.2, 0.25) is 0 Å². The summed E-state index contributed by atoms with van der Waals surface area (Å²) in [5.74, 6) is 2.21. The van der Waals surface area contributed by atoms with E-state index < -0.39 is 12.1 Å². The minimum Gasteiger partial charge on any atom is -0.492 e. The third kappa shape index (κ3) is 17.9. The van der Waals surface area contributed by atoms with E-state index in [1.807, 2.05) is 163 Å². The maximum atomic E-state index is 15.3. The van der Waals surface area contributed by atoms with Crippen molar-refractivity contribution in [3.63, 3.8) is 0 Å². The lowest BCUT2D eigenvalue weighted by Gasteiger charge is -2.34. The van der Waals surface area contributed by atoms with E-state index in [0.717, 1.165) is 168 Å². The number of rotatable bonds is 29. The van der Waals surface area contributed by atoms with Crippen LogP contribution >= 0.6 is 0 Å². The molecule has 0 radical (unpaired) electrons. The minimum absolute atomic E-state index is 0.0385. The average molecular weight is 1500 g/mol. The fourth-order valence-electron chi connectivity index (χ4n) is 14.9. The van der Waals surface area contributed by atoms with E-state index in [4.69, 9.17) is 43.4 Å². The first-order valence-corrected chi connectivity index (χ1v) is 38.3. The monoisotopic (exact) mass is 1500 g/mol. The first-order valence-electron chi connectivity index (χ1n) is 38.3. The lowest BCUT2D eigenvalue weighted by Crippen LogP contribution is -2.44. The van der Waals surface area contributed by atoms with Gasteiger partial charge < -0.3 is 78.5 Å². The van der Waals surface area contributed by atoms with Crippen LogP contribution in [0.1, 0.15) is 121 Å². The Balaban J connectivity index is 0.764. The number of amides is 3. The smallest absolute Gasteiger partial charge is 0.252 e. The highest BCUT2D eigenvalue weighted by molar-refractivity contribution is 5.99. The number of likely N-dealkylation sites (N-methyl/N-ethyl adjacent to an activating group) is 3. The summed E-state index contributed by atoms with van der Waals surface area (Å²) in [6, 6.07) is 27.3. The highest BCUT2D eigenvalue weighted by atomic mass is 16.6. The molecular formula is C85H107N15O10. The number of aromatic nitrogens is 6. The number of benzene rings is 6. The zero-order chi connectivity index (χ0) is 77.4. The molecule has 3 atom stereocenters. The summed E-state index contributed by atoms with van der Waals surface area (Å²) in [5, 5.41) is 24.4. The fourth-order valence-corrected chi connectivity index (χ4v) is 14.9. The van der Waals surface area contributed by atoms with E-state index >= 15 is 4.79 Å². The molecule has 4 fully saturated rings. The van der Waals surface area contributed by atoms with Gasteiger partial charge >= 0.3 is 0 Å². The van der Waals surface area contributed by atoms with E-state index in [0.29, 0.717) is 90.5 Å². The number of carbonyl (C=O) groups is 3. The average Bonchev–Trinajstić information content (AvgIpc) is 1.43. The number of hydrogen-bond donors (Lipinski definition) is 3. The molecule has 110 heavy (non-hydrogen) atoms. The maximum Gasteiger partial charge on any atom is 0.252 e. The molecule has 3 amide bonds. The van der Waals surface area contributed by atoms with E-state index in [9.17, 15) is 9.59 Å². The minimum atomic E-state index is -0.531. The van der Waals surface area contributed by atoms with Crippen molar-refractivity contribution in [2.24, 2.45) is 7.05 Å². The standard InChI is InChI=1S/C85H107N15O10/c1-15-108-79-39-61(58(6)89-83(101)74-41-69(17-16-54(74)2)96-24-18-92(8)19-25-96)37-77(81(79)105-13)67-45-87-99(50-67)48-65-34-71(98-28-22-94(10)23-29-98)43-76(56(65)4)85(103)91-59(7)62-38-78(82(106-14)80(40-62)109-31-30-104-12)68-46-88-100(51-68)49-64-33-70(97-26-20-93(9)21-27-97)42-75(55(64)3)84(102)90-57(5)60-32-63(66-44-86-95(11)47-66)36-72(35-60)110-73-52-107-53-73/h16-17,32-47,50-51,57-59,73H,15,18-31,48-49,52-53H2,1-14H3,(H,89,101)(H,90,102)(H,91,103)/t57-,58-,59-/m1/s1. The summed E-state index contributed by atoms with van der Waals surface area (Å²) in [5.41, 5.74) is 16.6. The SMILES string of the molecule is CCOc1cc([C@@H](C)NC(=O)c2cc(N3CCN(C)CC3)ccc2C)cc(-c2cnn(Cc3cc(N4CCN(C)CC4)cc(C(=O)N[C@H](C)c4cc(OCCOC)c(OC)c(-c5cnn(Cc6cc(N7CCN(C)CC7)cc(C(=O)N[C@H](C)c7cc(OC8COC8)cc(-c8cnn(C)c8)c7)c6C)c5)c4)c3C)c2)c1OC. The summed E-state index contributed by atoms with van der Waals surface area (Å²) >= 11 is 0. The number of hydrogen-bond acceptors (Lipinski definition) is 19. The van der Waals surface area contributed by atoms with Gasteiger partial charge in [-0.1, -0.05) is 6.07 Å². The molecule has 582 valence electrons. The van der Waals surface area contributed by atoms with Gasteiger partial charge in [0, 0.05) is 173 Å². The predicted molar refractivity (Wildman–Crippen MR) is 429 cm³/mol. The first-order chi connectivity index (χ1) is 53.1. The molecule has 4 aliphatic heterocycles. The number of carbonyl (C=O) groups excluding carboxylic acids is 3. The second-order valence-corrected chi connectivity index (χ2v) is 29.8. The third-order valence-corrected chi connectivity index (χ3v) is 21.9. The van der Waals surface area contributed by atoms with E-state index in [2.05, 4.69) is 95.9 Å². The van der Waals surface area contributed by atoms with Gasteiger partial charge in [-0.05, 0) is 199 Å². The topological polar surface area (TPSA) is 225 Å². The van der Waals surface area contributed by atoms with Gasteiger partial charge in [0.15, 0.2) is 23.0 Å². The number of nitrogens with one attached hydrogen (secondary N) is 3. The Morgan fingerprint density at radius 1 is 0.491 bits per heavy atom. The van der Waals surface area contributed by atoms with Crippen molar-refractivity contribution in [1.29, 1.82) is 0 Å². The molecule has 0 bridgehead atoms. The van der Waals surface area contributed by atoms with Gasteiger partial charge in [0.25, 0.3) is 17.7 Å². The van der Waals surface area contributed by atoms with Crippen molar-refractivity contribution in [3.8, 4) is 62.1 Å². The van der Waals surface area contributed by atoms with Crippen LogP contribution in [0, 0.1) is 20.8 Å². The molecule has 25 heteroatoms. The van der Waals surface area contributed by atoms with Crippen molar-refractivity contribution in [2.75, 3.05) is 169 Å². The highest BCUT2D eigenvalue weighted by Crippen LogP contribution is 2.44. The normalized spacial score (nSPS) is 16.1. The molecule has 0 saturated carbocycles. The summed E-state index contributed by atoms with van der Waals surface area (Å²) in [4.78, 5) is 58.4. The third-order valence-electron chi connectivity index (χ3n) is 21.9. The maximum absolute atomic E-state index is 15.3. The molecule has 4 saturated heterocycles. The Morgan fingerprint density at radius 2 is 0.945 bits per heavy atom. The van der Waals surface area contributed by atoms with E-state index in [-0.39, 0.29) is 36.5 Å². The number of ether oxygens (including phenoxy) is 7. The molecular weight excluding hydrogens is 1390 g/mol. The summed E-state index contributed by atoms with van der Waals surface area (Å²) < 4.78 is 47.9. The Morgan fingerprint density at radius 3 is 1.39 bits per heavy atom. The first kappa shape index (κ1) is 77.7. The van der Waals surface area contributed by atoms with Crippen LogP contribution in [0.2, 0.25) is 0 Å². The Kier molecular flexibility index (Phi) is 24.5. The predicted octanol–water partition coefficient (Wildman–Crippen LogP) is 10.8. The second-order valence-electron chi connectivity index (χ2n) is 29.8. The molecule has 6 aromatic carbocycles. The van der Waals surface area contributed by atoms with Crippen LogP contribution in [-0.2, 0) is 29.6 Å². The number of anilines is 3. The van der Waals surface area contributed by atoms with Crippen LogP contribution in [-0.4, -0.2) is 222 Å². The molecule has 7 heterocycles. The van der Waals surface area contributed by atoms with Crippen LogP contribution in [0.4, 0.5) is 17.1 Å². The van der Waals surface area contributed by atoms with Crippen molar-refractivity contribution >= 4 is 34.8 Å². The van der Waals surface area contributed by atoms with Crippen LogP contribution in [0.15, 0.2) is 122 Å². The van der Waals surface area contributed by atoms with Gasteiger partial charge in [-0.2, -0.15) is 15.3 Å². The largest absolute Gasteiger partial charge is 0.492 e. The molecule has 4 aliphatic rings. The lowest BCUT2D eigenvalue weighted by atomic mass is 9.97. The van der Waals surface area contributed by atoms with E-state index in [1.54, 1.807) is 26.0 Å². The summed E-state index contributed by atoms with van der Waals surface area (Å²) in [6.45, 7) is 27.1. The van der Waals surface area contributed by atoms with Crippen LogP contribution < -0.4 is 54.3 Å². The Bertz CT molecular complexity index is 4750. The Labute approximate surface area is 646 Å². The van der Waals surface area contributed by atoms with Gasteiger partial charge in [-0.15, -0.1) is 0 Å². The number of methoxy groups -OCH3 is 3. The van der Waals surface area contributed by atoms with Crippen LogP contribution in [0.3, 0.4) is 0 Å². The molecule has 3 aromatic heterocycles. The molecule has 0 spiro atoms. The molecule has 3 N–H and O–H groups in total. The molecule has 9 aromatic rings. The number of aryl methyl sites for hydroxylation is 2. The summed E-state index contributed by atoms with van der Waals surface area (Å²) in [6.07, 6.45) is 11.4. The van der Waals surface area contributed by atoms with Gasteiger partial charge in [-0.25, -0.2) is 0 Å². The second kappa shape index (κ2) is 34.6. The zero-order valence-corrected chi connectivity index (χ0v) is 66.2. The van der Waals surface area contributed by atoms with Crippen molar-refractivity contribution in [1.82, 2.24) is 60.0 Å². The van der Waals surface area contributed by atoms with Crippen molar-refractivity contribution in [3.05, 3.63) is 183 Å². The molecule has 0 aliphatic carbocycles. The van der Waals surface area contributed by atoms with E-state index in [1.165, 1.54) is 0 Å². The lowest BCUT2D eigenvalue weighted by molar-refractivity contribution is -0.0796. The Hall–Kier alpha value is -10.4. The molecule has 13 rings (SSSR count). The highest BCUT2D eigenvalue weighted by Gasteiger charge is 2.30. The summed E-state index contributed by atoms with van der Waals surface area (Å²) in [7, 11) is 13.2. The van der Waals surface area contributed by atoms with Crippen LogP contribution in [0.25, 0.3) is 33.4 Å². The fraction of sp³-hybridized carbons (Fsp3) is 0.435. The number of nitrogens with zero attached hydrogens (tertiary/aromatic N) is 12. The van der Waals surface area contributed by atoms with Crippen LogP contribution in [0.5, 0.6) is 28.7 Å². The number of piperazine rings is 3. The van der Waals surface area contributed by atoms with Gasteiger partial charge in [0.05, 0.1) is 90.5 Å². The van der Waals surface area contributed by atoms with Gasteiger partial charge in [-0.3, -0.25) is 28.4 Å². The van der Waals surface area contributed by atoms with Crippen molar-refractivity contribution < 1.29 is 47.5 Å². The molecule has 0 unspecified atom stereocenters. The molecule has 25 nitrogen and oxygen atoms in total. The zero-order valence-electron chi connectivity index (χ0n) is 66.2. The van der Waals surface area contributed by atoms with Crippen molar-refractivity contribution in [2.45, 2.75) is 85.8 Å².